The van der Waals surface area contributed by atoms with Crippen molar-refractivity contribution in [2.45, 2.75) is 44.6 Å². The number of carbonyl (C=O) groups is 1. The largest absolute Gasteiger partial charge is 0.332 e. The maximum Gasteiger partial charge on any atom is 0.271 e. The SMILES string of the molecule is Cc1cccnc1C(=O)NC1(C#N)CCCCC1. The fourth-order valence-corrected chi connectivity index (χ4v) is 2.42. The first kappa shape index (κ1) is 12.6. The number of nitriles is 1. The van der Waals surface area contributed by atoms with Crippen LogP contribution in [0.25, 0.3) is 0 Å². The van der Waals surface area contributed by atoms with Crippen molar-refractivity contribution in [2.24, 2.45) is 0 Å². The monoisotopic (exact) mass is 243 g/mol. The number of hydrogen-bond donors (Lipinski definition) is 1. The molecule has 0 aromatic carbocycles. The van der Waals surface area contributed by atoms with E-state index in [0.717, 1.165) is 37.7 Å². The Labute approximate surface area is 107 Å². The van der Waals surface area contributed by atoms with Crippen LogP contribution in [0.2, 0.25) is 0 Å². The fraction of sp³-hybridized carbons (Fsp3) is 0.500. The van der Waals surface area contributed by atoms with E-state index in [1.807, 2.05) is 13.0 Å². The van der Waals surface area contributed by atoms with E-state index in [-0.39, 0.29) is 5.91 Å². The van der Waals surface area contributed by atoms with Gasteiger partial charge in [0, 0.05) is 6.20 Å². The standard InChI is InChI=1S/C14H17N3O/c1-11-6-5-9-16-12(11)13(18)17-14(10-15)7-3-2-4-8-14/h5-6,9H,2-4,7-8H2,1H3,(H,17,18). The Morgan fingerprint density at radius 2 is 2.17 bits per heavy atom. The molecule has 4 nitrogen and oxygen atoms in total. The third kappa shape index (κ3) is 2.51. The first-order valence-electron chi connectivity index (χ1n) is 6.32. The molecule has 0 unspecified atom stereocenters. The molecule has 1 aromatic rings. The van der Waals surface area contributed by atoms with E-state index in [1.165, 1.54) is 0 Å². The lowest BCUT2D eigenvalue weighted by Crippen LogP contribution is -2.49. The summed E-state index contributed by atoms with van der Waals surface area (Å²) in [5.74, 6) is -0.239. The van der Waals surface area contributed by atoms with Crippen LogP contribution in [0.1, 0.15) is 48.2 Å². The predicted octanol–water partition coefficient (Wildman–Crippen LogP) is 2.35. The second-order valence-electron chi connectivity index (χ2n) is 4.88. The van der Waals surface area contributed by atoms with Crippen LogP contribution in [0.3, 0.4) is 0 Å². The molecule has 0 aliphatic heterocycles. The lowest BCUT2D eigenvalue weighted by molar-refractivity contribution is 0.0897. The zero-order valence-electron chi connectivity index (χ0n) is 10.6. The van der Waals surface area contributed by atoms with E-state index in [2.05, 4.69) is 16.4 Å². The summed E-state index contributed by atoms with van der Waals surface area (Å²) in [5.41, 5.74) is 0.552. The van der Waals surface area contributed by atoms with Gasteiger partial charge in [-0.1, -0.05) is 25.3 Å². The number of rotatable bonds is 2. The summed E-state index contributed by atoms with van der Waals surface area (Å²) in [5, 5.41) is 12.2. The van der Waals surface area contributed by atoms with Gasteiger partial charge >= 0.3 is 0 Å². The maximum atomic E-state index is 12.2. The molecule has 1 aliphatic carbocycles. The van der Waals surface area contributed by atoms with E-state index in [0.29, 0.717) is 5.69 Å². The average molecular weight is 243 g/mol. The zero-order chi connectivity index (χ0) is 13.0. The molecule has 1 aliphatic rings. The van der Waals surface area contributed by atoms with Gasteiger partial charge in [-0.2, -0.15) is 5.26 Å². The Morgan fingerprint density at radius 3 is 2.78 bits per heavy atom. The van der Waals surface area contributed by atoms with Crippen molar-refractivity contribution < 1.29 is 4.79 Å². The molecule has 0 saturated heterocycles. The molecule has 1 fully saturated rings. The molecule has 1 heterocycles. The molecule has 1 amide bonds. The van der Waals surface area contributed by atoms with Crippen LogP contribution in [0, 0.1) is 18.3 Å². The molecular formula is C14H17N3O. The summed E-state index contributed by atoms with van der Waals surface area (Å²) in [6, 6.07) is 5.93. The number of carbonyl (C=O) groups excluding carboxylic acids is 1. The highest BCUT2D eigenvalue weighted by molar-refractivity contribution is 5.94. The van der Waals surface area contributed by atoms with E-state index < -0.39 is 5.54 Å². The van der Waals surface area contributed by atoms with Gasteiger partial charge in [-0.3, -0.25) is 9.78 Å². The molecule has 18 heavy (non-hydrogen) atoms. The maximum absolute atomic E-state index is 12.2. The number of hydrogen-bond acceptors (Lipinski definition) is 3. The molecule has 0 spiro atoms. The number of aromatic nitrogens is 1. The highest BCUT2D eigenvalue weighted by atomic mass is 16.2. The first-order chi connectivity index (χ1) is 8.67. The fourth-order valence-electron chi connectivity index (χ4n) is 2.42. The van der Waals surface area contributed by atoms with Crippen molar-refractivity contribution >= 4 is 5.91 Å². The molecule has 0 atom stereocenters. The van der Waals surface area contributed by atoms with Gasteiger partial charge in [0.15, 0.2) is 0 Å². The second-order valence-corrected chi connectivity index (χ2v) is 4.88. The topological polar surface area (TPSA) is 65.8 Å². The number of amides is 1. The molecule has 4 heteroatoms. The molecule has 0 radical (unpaired) electrons. The zero-order valence-corrected chi connectivity index (χ0v) is 10.6. The quantitative estimate of drug-likeness (QED) is 0.867. The summed E-state index contributed by atoms with van der Waals surface area (Å²) in [7, 11) is 0. The van der Waals surface area contributed by atoms with Crippen LogP contribution in [-0.2, 0) is 0 Å². The summed E-state index contributed by atoms with van der Waals surface area (Å²) in [4.78, 5) is 16.3. The van der Waals surface area contributed by atoms with Crippen molar-refractivity contribution in [1.29, 1.82) is 5.26 Å². The molecular weight excluding hydrogens is 226 g/mol. The third-order valence-electron chi connectivity index (χ3n) is 3.50. The first-order valence-corrected chi connectivity index (χ1v) is 6.32. The Hall–Kier alpha value is -1.89. The minimum absolute atomic E-state index is 0.239. The second kappa shape index (κ2) is 5.18. The van der Waals surface area contributed by atoms with Crippen LogP contribution in [0.4, 0.5) is 0 Å². The summed E-state index contributed by atoms with van der Waals surface area (Å²) < 4.78 is 0. The number of aryl methyl sites for hydroxylation is 1. The lowest BCUT2D eigenvalue weighted by atomic mass is 9.82. The van der Waals surface area contributed by atoms with Crippen LogP contribution in [0.5, 0.6) is 0 Å². The van der Waals surface area contributed by atoms with Gasteiger partial charge < -0.3 is 5.32 Å². The molecule has 1 N–H and O–H groups in total. The Kier molecular flexibility index (Phi) is 3.61. The van der Waals surface area contributed by atoms with Gasteiger partial charge in [0.2, 0.25) is 0 Å². The highest BCUT2D eigenvalue weighted by Crippen LogP contribution is 2.27. The predicted molar refractivity (Wildman–Crippen MR) is 67.9 cm³/mol. The molecule has 1 saturated carbocycles. The molecule has 1 aromatic heterocycles. The van der Waals surface area contributed by atoms with E-state index in [1.54, 1.807) is 12.3 Å². The van der Waals surface area contributed by atoms with Crippen LogP contribution >= 0.6 is 0 Å². The smallest absolute Gasteiger partial charge is 0.271 e. The van der Waals surface area contributed by atoms with Gasteiger partial charge in [-0.25, -0.2) is 0 Å². The van der Waals surface area contributed by atoms with Crippen LogP contribution in [-0.4, -0.2) is 16.4 Å². The molecule has 0 bridgehead atoms. The van der Waals surface area contributed by atoms with Crippen molar-refractivity contribution in [1.82, 2.24) is 10.3 Å². The number of pyridine rings is 1. The average Bonchev–Trinajstić information content (AvgIpc) is 2.40. The third-order valence-corrected chi connectivity index (χ3v) is 3.50. The lowest BCUT2D eigenvalue weighted by Gasteiger charge is -2.31. The Bertz CT molecular complexity index is 484. The number of nitrogens with zero attached hydrogens (tertiary/aromatic N) is 2. The van der Waals surface area contributed by atoms with E-state index in [9.17, 15) is 10.1 Å². The van der Waals surface area contributed by atoms with Gasteiger partial charge in [-0.15, -0.1) is 0 Å². The van der Waals surface area contributed by atoms with E-state index >= 15 is 0 Å². The van der Waals surface area contributed by atoms with Crippen molar-refractivity contribution in [3.8, 4) is 6.07 Å². The Balaban J connectivity index is 2.16. The van der Waals surface area contributed by atoms with Crippen molar-refractivity contribution in [2.75, 3.05) is 0 Å². The minimum Gasteiger partial charge on any atom is -0.332 e. The highest BCUT2D eigenvalue weighted by Gasteiger charge is 2.34. The normalized spacial score (nSPS) is 17.8. The molecule has 2 rings (SSSR count). The minimum atomic E-state index is -0.695. The molecule has 94 valence electrons. The van der Waals surface area contributed by atoms with Crippen molar-refractivity contribution in [3.05, 3.63) is 29.6 Å². The summed E-state index contributed by atoms with van der Waals surface area (Å²) in [6.45, 7) is 1.85. The van der Waals surface area contributed by atoms with Gasteiger partial charge in [0.05, 0.1) is 6.07 Å². The van der Waals surface area contributed by atoms with Gasteiger partial charge in [0.1, 0.15) is 11.2 Å². The van der Waals surface area contributed by atoms with Crippen LogP contribution < -0.4 is 5.32 Å². The summed E-state index contributed by atoms with van der Waals surface area (Å²) in [6.07, 6.45) is 6.20. The van der Waals surface area contributed by atoms with Gasteiger partial charge in [0.25, 0.3) is 5.91 Å². The Morgan fingerprint density at radius 1 is 1.44 bits per heavy atom. The van der Waals surface area contributed by atoms with Gasteiger partial charge in [-0.05, 0) is 31.4 Å². The summed E-state index contributed by atoms with van der Waals surface area (Å²) >= 11 is 0. The van der Waals surface area contributed by atoms with Crippen molar-refractivity contribution in [3.63, 3.8) is 0 Å². The van der Waals surface area contributed by atoms with Crippen LogP contribution in [0.15, 0.2) is 18.3 Å². The van der Waals surface area contributed by atoms with E-state index in [4.69, 9.17) is 0 Å². The number of nitrogens with one attached hydrogen (secondary N) is 1.